The van der Waals surface area contributed by atoms with Crippen molar-refractivity contribution in [2.24, 2.45) is 11.8 Å². The van der Waals surface area contributed by atoms with Gasteiger partial charge in [0.25, 0.3) is 0 Å². The van der Waals surface area contributed by atoms with Gasteiger partial charge in [0.1, 0.15) is 6.61 Å². The molecule has 0 saturated carbocycles. The Morgan fingerprint density at radius 2 is 1.57 bits per heavy atom. The van der Waals surface area contributed by atoms with Gasteiger partial charge in [-0.05, 0) is 48.4 Å². The second-order valence-corrected chi connectivity index (χ2v) is 9.39. The summed E-state index contributed by atoms with van der Waals surface area (Å²) >= 11 is 0. The average molecular weight is 481 g/mol. The van der Waals surface area contributed by atoms with Crippen LogP contribution in [-0.4, -0.2) is 42.3 Å². The van der Waals surface area contributed by atoms with Gasteiger partial charge in [0.15, 0.2) is 0 Å². The number of hydrogen-bond acceptors (Lipinski definition) is 4. The van der Waals surface area contributed by atoms with Crippen molar-refractivity contribution in [2.45, 2.75) is 58.4 Å². The van der Waals surface area contributed by atoms with Crippen molar-refractivity contribution in [3.63, 3.8) is 0 Å². The largest absolute Gasteiger partial charge is 0.481 e. The Morgan fingerprint density at radius 3 is 2.14 bits per heavy atom. The van der Waals surface area contributed by atoms with E-state index in [9.17, 15) is 14.4 Å². The molecule has 3 atom stereocenters. The van der Waals surface area contributed by atoms with E-state index in [0.717, 1.165) is 6.42 Å². The molecule has 2 amide bonds. The highest BCUT2D eigenvalue weighted by Crippen LogP contribution is 2.44. The third kappa shape index (κ3) is 6.84. The minimum Gasteiger partial charge on any atom is -0.481 e. The first kappa shape index (κ1) is 26.3. The van der Waals surface area contributed by atoms with E-state index in [0.29, 0.717) is 19.3 Å². The number of carboxylic acid groups (broad SMARTS) is 1. The van der Waals surface area contributed by atoms with Crippen LogP contribution in [0.1, 0.15) is 63.5 Å². The normalized spacial score (nSPS) is 14.8. The lowest BCUT2D eigenvalue weighted by atomic mass is 9.98. The van der Waals surface area contributed by atoms with Gasteiger partial charge in [-0.25, -0.2) is 4.79 Å². The van der Waals surface area contributed by atoms with E-state index in [2.05, 4.69) is 34.9 Å². The summed E-state index contributed by atoms with van der Waals surface area (Å²) in [7, 11) is 0. The van der Waals surface area contributed by atoms with Gasteiger partial charge in [0.2, 0.25) is 5.91 Å². The summed E-state index contributed by atoms with van der Waals surface area (Å²) in [6.45, 7) is 5.97. The van der Waals surface area contributed by atoms with Crippen LogP contribution in [0.25, 0.3) is 11.1 Å². The van der Waals surface area contributed by atoms with Gasteiger partial charge in [-0.2, -0.15) is 0 Å². The molecule has 1 aliphatic carbocycles. The number of amides is 2. The van der Waals surface area contributed by atoms with Crippen LogP contribution in [0.15, 0.2) is 48.5 Å². The summed E-state index contributed by atoms with van der Waals surface area (Å²) < 4.78 is 5.60. The standard InChI is InChI=1S/C28H36N2O5/c1-4-20(27(32)33)16-29-26(31)18(2)10-9-11-19(3)30-28(34)35-17-25-23-14-7-5-12-21(23)22-13-6-8-15-24(22)25/h5-8,12-15,18-20,25H,4,9-11,16-17H2,1-3H3,(H,29,31)(H,30,34)(H,32,33). The predicted molar refractivity (Wildman–Crippen MR) is 135 cm³/mol. The van der Waals surface area contributed by atoms with Crippen molar-refractivity contribution in [3.8, 4) is 11.1 Å². The molecule has 7 heteroatoms. The minimum absolute atomic E-state index is 0.0243. The maximum absolute atomic E-state index is 12.4. The monoisotopic (exact) mass is 480 g/mol. The molecule has 0 heterocycles. The summed E-state index contributed by atoms with van der Waals surface area (Å²) in [5, 5.41) is 14.7. The molecule has 0 radical (unpaired) electrons. The zero-order valence-corrected chi connectivity index (χ0v) is 20.8. The number of carboxylic acids is 1. The average Bonchev–Trinajstić information content (AvgIpc) is 3.16. The highest BCUT2D eigenvalue weighted by molar-refractivity contribution is 5.80. The number of alkyl carbamates (subject to hydrolysis) is 1. The van der Waals surface area contributed by atoms with Crippen molar-refractivity contribution in [1.29, 1.82) is 0 Å². The Balaban J connectivity index is 1.39. The molecule has 3 unspecified atom stereocenters. The fourth-order valence-electron chi connectivity index (χ4n) is 4.58. The maximum Gasteiger partial charge on any atom is 0.407 e. The first-order valence-electron chi connectivity index (χ1n) is 12.4. The molecule has 0 saturated heterocycles. The predicted octanol–water partition coefficient (Wildman–Crippen LogP) is 4.95. The molecular weight excluding hydrogens is 444 g/mol. The number of benzene rings is 2. The molecule has 35 heavy (non-hydrogen) atoms. The van der Waals surface area contributed by atoms with Crippen LogP contribution in [0.2, 0.25) is 0 Å². The number of nitrogens with one attached hydrogen (secondary N) is 2. The van der Waals surface area contributed by atoms with E-state index < -0.39 is 18.0 Å². The van der Waals surface area contributed by atoms with E-state index in [1.807, 2.05) is 38.1 Å². The number of ether oxygens (including phenoxy) is 1. The fourth-order valence-corrected chi connectivity index (χ4v) is 4.58. The summed E-state index contributed by atoms with van der Waals surface area (Å²) in [5.41, 5.74) is 4.74. The van der Waals surface area contributed by atoms with E-state index in [1.165, 1.54) is 22.3 Å². The molecule has 0 fully saturated rings. The fraction of sp³-hybridized carbons (Fsp3) is 0.464. The maximum atomic E-state index is 12.4. The van der Waals surface area contributed by atoms with E-state index in [4.69, 9.17) is 9.84 Å². The van der Waals surface area contributed by atoms with Crippen molar-refractivity contribution >= 4 is 18.0 Å². The van der Waals surface area contributed by atoms with Crippen molar-refractivity contribution in [1.82, 2.24) is 10.6 Å². The van der Waals surface area contributed by atoms with Gasteiger partial charge in [-0.3, -0.25) is 9.59 Å². The van der Waals surface area contributed by atoms with Crippen molar-refractivity contribution in [3.05, 3.63) is 59.7 Å². The zero-order chi connectivity index (χ0) is 25.4. The molecule has 0 aromatic heterocycles. The van der Waals surface area contributed by atoms with E-state index in [-0.39, 0.29) is 36.9 Å². The second-order valence-electron chi connectivity index (χ2n) is 9.39. The molecule has 0 spiro atoms. The van der Waals surface area contributed by atoms with Gasteiger partial charge in [-0.15, -0.1) is 0 Å². The summed E-state index contributed by atoms with van der Waals surface area (Å²) in [6.07, 6.45) is 2.17. The second kappa shape index (κ2) is 12.4. The van der Waals surface area contributed by atoms with Crippen molar-refractivity contribution < 1.29 is 24.2 Å². The van der Waals surface area contributed by atoms with Gasteiger partial charge in [0, 0.05) is 24.4 Å². The molecule has 3 N–H and O–H groups in total. The molecule has 0 aliphatic heterocycles. The molecule has 2 aromatic rings. The summed E-state index contributed by atoms with van der Waals surface area (Å²) in [6, 6.07) is 16.4. The van der Waals surface area contributed by atoms with Crippen LogP contribution in [0.5, 0.6) is 0 Å². The van der Waals surface area contributed by atoms with E-state index >= 15 is 0 Å². The lowest BCUT2D eigenvalue weighted by molar-refractivity contribution is -0.141. The Morgan fingerprint density at radius 1 is 0.971 bits per heavy atom. The number of carbonyl (C=O) groups excluding carboxylic acids is 2. The number of aliphatic carboxylic acids is 1. The number of fused-ring (bicyclic) bond motifs is 3. The Labute approximate surface area is 207 Å². The van der Waals surface area contributed by atoms with Gasteiger partial charge >= 0.3 is 12.1 Å². The summed E-state index contributed by atoms with van der Waals surface area (Å²) in [5.74, 6) is -1.79. The number of carbonyl (C=O) groups is 3. The quantitative estimate of drug-likeness (QED) is 0.399. The highest BCUT2D eigenvalue weighted by Gasteiger charge is 2.29. The lowest BCUT2D eigenvalue weighted by Crippen LogP contribution is -2.36. The molecule has 188 valence electrons. The topological polar surface area (TPSA) is 105 Å². The molecule has 7 nitrogen and oxygen atoms in total. The molecular formula is C28H36N2O5. The van der Waals surface area contributed by atoms with Gasteiger partial charge in [-0.1, -0.05) is 68.8 Å². The number of rotatable bonds is 12. The molecule has 1 aliphatic rings. The Bertz CT molecular complexity index is 992. The van der Waals surface area contributed by atoms with Crippen LogP contribution >= 0.6 is 0 Å². The minimum atomic E-state index is -0.895. The van der Waals surface area contributed by atoms with Crippen LogP contribution in [0.3, 0.4) is 0 Å². The SMILES string of the molecule is CCC(CNC(=O)C(C)CCCC(C)NC(=O)OCC1c2ccccc2-c2ccccc21)C(=O)O. The van der Waals surface area contributed by atoms with E-state index in [1.54, 1.807) is 6.92 Å². The van der Waals surface area contributed by atoms with Crippen LogP contribution in [0, 0.1) is 11.8 Å². The first-order valence-corrected chi connectivity index (χ1v) is 12.4. The van der Waals surface area contributed by atoms with Crippen molar-refractivity contribution in [2.75, 3.05) is 13.2 Å². The number of hydrogen-bond donors (Lipinski definition) is 3. The van der Waals surface area contributed by atoms with Crippen LogP contribution in [-0.2, 0) is 14.3 Å². The smallest absolute Gasteiger partial charge is 0.407 e. The van der Waals surface area contributed by atoms with Gasteiger partial charge in [0.05, 0.1) is 5.92 Å². The molecule has 0 bridgehead atoms. The van der Waals surface area contributed by atoms with Crippen LogP contribution < -0.4 is 10.6 Å². The zero-order valence-electron chi connectivity index (χ0n) is 20.8. The summed E-state index contributed by atoms with van der Waals surface area (Å²) in [4.78, 5) is 35.7. The Kier molecular flexibility index (Phi) is 9.29. The van der Waals surface area contributed by atoms with Gasteiger partial charge < -0.3 is 20.5 Å². The highest BCUT2D eigenvalue weighted by atomic mass is 16.5. The first-order chi connectivity index (χ1) is 16.8. The molecule has 3 rings (SSSR count). The third-order valence-electron chi connectivity index (χ3n) is 6.79. The van der Waals surface area contributed by atoms with Crippen LogP contribution in [0.4, 0.5) is 4.79 Å². The third-order valence-corrected chi connectivity index (χ3v) is 6.79. The molecule has 2 aromatic carbocycles. The lowest BCUT2D eigenvalue weighted by Gasteiger charge is -2.18. The Hall–Kier alpha value is -3.35.